The summed E-state index contributed by atoms with van der Waals surface area (Å²) in [5.74, 6) is 0.196. The summed E-state index contributed by atoms with van der Waals surface area (Å²) >= 11 is 3.05. The number of thiazole rings is 1. The first-order valence-corrected chi connectivity index (χ1v) is 8.21. The Kier molecular flexibility index (Phi) is 5.28. The third-order valence-corrected chi connectivity index (χ3v) is 5.16. The summed E-state index contributed by atoms with van der Waals surface area (Å²) in [5, 5.41) is 14.7. The van der Waals surface area contributed by atoms with Gasteiger partial charge in [0.1, 0.15) is 9.88 Å². The van der Waals surface area contributed by atoms with E-state index in [1.54, 1.807) is 11.3 Å². The minimum absolute atomic E-state index is 0.0763. The van der Waals surface area contributed by atoms with E-state index in [1.165, 1.54) is 11.3 Å². The second-order valence-electron chi connectivity index (χ2n) is 4.74. The summed E-state index contributed by atoms with van der Waals surface area (Å²) in [6, 6.07) is 3.99. The van der Waals surface area contributed by atoms with E-state index in [-0.39, 0.29) is 18.4 Å². The van der Waals surface area contributed by atoms with Gasteiger partial charge in [-0.2, -0.15) is 0 Å². The molecule has 2 heterocycles. The normalized spacial score (nSPS) is 12.3. The van der Waals surface area contributed by atoms with Gasteiger partial charge < -0.3 is 10.4 Å². The average Bonchev–Trinajstić information content (AvgIpc) is 3.05. The lowest BCUT2D eigenvalue weighted by atomic mass is 10.1. The van der Waals surface area contributed by atoms with Crippen molar-refractivity contribution in [3.63, 3.8) is 0 Å². The number of rotatable bonds is 6. The molecule has 2 N–H and O–H groups in total. The third-order valence-electron chi connectivity index (χ3n) is 2.97. The summed E-state index contributed by atoms with van der Waals surface area (Å²) < 4.78 is 0. The van der Waals surface area contributed by atoms with Gasteiger partial charge in [-0.25, -0.2) is 4.98 Å². The van der Waals surface area contributed by atoms with Crippen molar-refractivity contribution in [1.29, 1.82) is 0 Å². The van der Waals surface area contributed by atoms with Crippen molar-refractivity contribution in [3.8, 4) is 9.88 Å². The van der Waals surface area contributed by atoms with E-state index in [2.05, 4.69) is 10.3 Å². The molecule has 0 bridgehead atoms. The Morgan fingerprint density at radius 3 is 3.00 bits per heavy atom. The van der Waals surface area contributed by atoms with Crippen molar-refractivity contribution in [3.05, 3.63) is 28.1 Å². The quantitative estimate of drug-likeness (QED) is 0.862. The van der Waals surface area contributed by atoms with Gasteiger partial charge in [-0.1, -0.05) is 13.0 Å². The highest BCUT2D eigenvalue weighted by Crippen LogP contribution is 2.30. The van der Waals surface area contributed by atoms with Crippen LogP contribution in [0.5, 0.6) is 0 Å². The predicted octanol–water partition coefficient (Wildman–Crippen LogP) is 2.93. The number of nitrogens with one attached hydrogen (secondary N) is 1. The van der Waals surface area contributed by atoms with Gasteiger partial charge >= 0.3 is 0 Å². The molecule has 0 aliphatic carbocycles. The fourth-order valence-electron chi connectivity index (χ4n) is 1.78. The van der Waals surface area contributed by atoms with E-state index >= 15 is 0 Å². The molecule has 0 fully saturated rings. The van der Waals surface area contributed by atoms with Crippen molar-refractivity contribution < 1.29 is 9.90 Å². The van der Waals surface area contributed by atoms with Crippen molar-refractivity contribution in [1.82, 2.24) is 10.3 Å². The molecular weight excluding hydrogens is 292 g/mol. The first kappa shape index (κ1) is 15.2. The molecule has 108 valence electrons. The molecule has 6 heteroatoms. The van der Waals surface area contributed by atoms with Gasteiger partial charge in [0, 0.05) is 13.2 Å². The lowest BCUT2D eigenvalue weighted by Gasteiger charge is -2.10. The fourth-order valence-corrected chi connectivity index (χ4v) is 3.56. The molecule has 2 aromatic rings. The van der Waals surface area contributed by atoms with Crippen LogP contribution in [0.2, 0.25) is 0 Å². The highest BCUT2D eigenvalue weighted by atomic mass is 32.1. The number of aryl methyl sites for hydroxylation is 1. The Morgan fingerprint density at radius 2 is 2.35 bits per heavy atom. The molecule has 0 saturated heterocycles. The minimum atomic E-state index is -0.0763. The zero-order valence-electron chi connectivity index (χ0n) is 11.5. The smallest absolute Gasteiger partial charge is 0.263 e. The number of hydrogen-bond donors (Lipinski definition) is 2. The van der Waals surface area contributed by atoms with E-state index in [9.17, 15) is 4.79 Å². The van der Waals surface area contributed by atoms with Crippen molar-refractivity contribution >= 4 is 28.6 Å². The van der Waals surface area contributed by atoms with Gasteiger partial charge in [-0.3, -0.25) is 4.79 Å². The number of nitrogens with zero attached hydrogens (tertiary/aromatic N) is 1. The van der Waals surface area contributed by atoms with Gasteiger partial charge in [0.25, 0.3) is 5.91 Å². The number of aromatic nitrogens is 1. The lowest BCUT2D eigenvalue weighted by Crippen LogP contribution is -2.28. The molecule has 0 aromatic carbocycles. The Hall–Kier alpha value is -1.24. The van der Waals surface area contributed by atoms with Gasteiger partial charge in [-0.15, -0.1) is 22.7 Å². The molecule has 4 nitrogen and oxygen atoms in total. The standard InChI is InChI=1S/C14H18N2O2S2/c1-9(5-6-17)8-15-13(18)12-10(2)16-14(20-12)11-4-3-7-19-11/h3-4,7,9,17H,5-6,8H2,1-2H3,(H,15,18). The van der Waals surface area contributed by atoms with Crippen LogP contribution < -0.4 is 5.32 Å². The molecule has 0 saturated carbocycles. The SMILES string of the molecule is Cc1nc(-c2cccs2)sc1C(=O)NCC(C)CCO. The number of aliphatic hydroxyl groups is 1. The van der Waals surface area contributed by atoms with Gasteiger partial charge in [0.2, 0.25) is 0 Å². The predicted molar refractivity (Wildman–Crippen MR) is 83.4 cm³/mol. The Bertz CT molecular complexity index is 564. The highest BCUT2D eigenvalue weighted by Gasteiger charge is 2.17. The first-order valence-electron chi connectivity index (χ1n) is 6.52. The van der Waals surface area contributed by atoms with Crippen LogP contribution in [-0.4, -0.2) is 29.1 Å². The number of carbonyl (C=O) groups is 1. The lowest BCUT2D eigenvalue weighted by molar-refractivity contribution is 0.0948. The summed E-state index contributed by atoms with van der Waals surface area (Å²) in [4.78, 5) is 18.4. The van der Waals surface area contributed by atoms with Crippen molar-refractivity contribution in [2.24, 2.45) is 5.92 Å². The number of amides is 1. The van der Waals surface area contributed by atoms with Crippen LogP contribution in [0.4, 0.5) is 0 Å². The molecule has 0 aliphatic rings. The molecular formula is C14H18N2O2S2. The minimum Gasteiger partial charge on any atom is -0.396 e. The maximum Gasteiger partial charge on any atom is 0.263 e. The molecule has 0 aliphatic heterocycles. The molecule has 1 atom stereocenters. The fraction of sp³-hybridized carbons (Fsp3) is 0.429. The monoisotopic (exact) mass is 310 g/mol. The summed E-state index contributed by atoms with van der Waals surface area (Å²) in [6.45, 7) is 4.59. The van der Waals surface area contributed by atoms with Crippen LogP contribution in [0.1, 0.15) is 28.7 Å². The topological polar surface area (TPSA) is 62.2 Å². The Labute approximate surface area is 126 Å². The number of aliphatic hydroxyl groups excluding tert-OH is 1. The van der Waals surface area contributed by atoms with Crippen LogP contribution >= 0.6 is 22.7 Å². The van der Waals surface area contributed by atoms with Gasteiger partial charge in [0.15, 0.2) is 0 Å². The molecule has 0 radical (unpaired) electrons. The second-order valence-corrected chi connectivity index (χ2v) is 6.69. The van der Waals surface area contributed by atoms with Crippen LogP contribution in [0, 0.1) is 12.8 Å². The molecule has 0 spiro atoms. The van der Waals surface area contributed by atoms with Crippen molar-refractivity contribution in [2.45, 2.75) is 20.3 Å². The van der Waals surface area contributed by atoms with E-state index in [4.69, 9.17) is 5.11 Å². The van der Waals surface area contributed by atoms with Gasteiger partial charge in [-0.05, 0) is 30.7 Å². The molecule has 2 rings (SSSR count). The number of carbonyl (C=O) groups excluding carboxylic acids is 1. The molecule has 20 heavy (non-hydrogen) atoms. The summed E-state index contributed by atoms with van der Waals surface area (Å²) in [5.41, 5.74) is 0.769. The van der Waals surface area contributed by atoms with E-state index < -0.39 is 0 Å². The van der Waals surface area contributed by atoms with Crippen LogP contribution in [-0.2, 0) is 0 Å². The summed E-state index contributed by atoms with van der Waals surface area (Å²) in [6.07, 6.45) is 0.697. The van der Waals surface area contributed by atoms with Crippen LogP contribution in [0.3, 0.4) is 0 Å². The molecule has 1 amide bonds. The van der Waals surface area contributed by atoms with E-state index in [0.717, 1.165) is 15.6 Å². The van der Waals surface area contributed by atoms with Gasteiger partial charge in [0.05, 0.1) is 10.6 Å². The van der Waals surface area contributed by atoms with Crippen LogP contribution in [0.15, 0.2) is 17.5 Å². The zero-order valence-corrected chi connectivity index (χ0v) is 13.2. The Morgan fingerprint density at radius 1 is 1.55 bits per heavy atom. The second kappa shape index (κ2) is 6.97. The number of hydrogen-bond acceptors (Lipinski definition) is 5. The average molecular weight is 310 g/mol. The zero-order chi connectivity index (χ0) is 14.5. The maximum atomic E-state index is 12.2. The summed E-state index contributed by atoms with van der Waals surface area (Å²) in [7, 11) is 0. The maximum absolute atomic E-state index is 12.2. The first-order chi connectivity index (χ1) is 9.61. The van der Waals surface area contributed by atoms with Crippen LogP contribution in [0.25, 0.3) is 9.88 Å². The van der Waals surface area contributed by atoms with E-state index in [0.29, 0.717) is 17.8 Å². The number of thiophene rings is 1. The third kappa shape index (κ3) is 3.65. The highest BCUT2D eigenvalue weighted by molar-refractivity contribution is 7.22. The Balaban J connectivity index is 2.03. The molecule has 1 unspecified atom stereocenters. The molecule has 2 aromatic heterocycles. The van der Waals surface area contributed by atoms with E-state index in [1.807, 2.05) is 31.4 Å². The van der Waals surface area contributed by atoms with Crippen molar-refractivity contribution in [2.75, 3.05) is 13.2 Å². The largest absolute Gasteiger partial charge is 0.396 e.